The van der Waals surface area contributed by atoms with Crippen LogP contribution in [0.1, 0.15) is 18.5 Å². The number of aryl methyl sites for hydroxylation is 1. The number of rotatable bonds is 3. The summed E-state index contributed by atoms with van der Waals surface area (Å²) in [5, 5.41) is 2.79. The molecule has 17 heavy (non-hydrogen) atoms. The van der Waals surface area contributed by atoms with Gasteiger partial charge in [-0.3, -0.25) is 9.78 Å². The smallest absolute Gasteiger partial charge is 0.253 e. The molecule has 0 spiro atoms. The number of anilines is 1. The van der Waals surface area contributed by atoms with Crippen LogP contribution in [-0.2, 0) is 9.53 Å². The molecule has 1 fully saturated rings. The van der Waals surface area contributed by atoms with Gasteiger partial charge in [0.15, 0.2) is 0 Å². The molecule has 0 radical (unpaired) electrons. The topological polar surface area (TPSA) is 77.2 Å². The number of hydrogen-bond acceptors (Lipinski definition) is 4. The molecule has 1 aliphatic heterocycles. The van der Waals surface area contributed by atoms with Gasteiger partial charge in [-0.2, -0.15) is 0 Å². The fourth-order valence-corrected chi connectivity index (χ4v) is 1.84. The van der Waals surface area contributed by atoms with E-state index in [0.29, 0.717) is 12.2 Å². The van der Waals surface area contributed by atoms with E-state index in [1.807, 2.05) is 19.1 Å². The van der Waals surface area contributed by atoms with Crippen molar-refractivity contribution in [3.63, 3.8) is 0 Å². The third kappa shape index (κ3) is 3.01. The van der Waals surface area contributed by atoms with Crippen molar-refractivity contribution >= 4 is 11.6 Å². The SMILES string of the molecule is Cc1ccc(NC(=O)C2CCC(CN)O2)cn1. The van der Waals surface area contributed by atoms with Gasteiger partial charge in [-0.25, -0.2) is 0 Å². The molecule has 5 heteroatoms. The highest BCUT2D eigenvalue weighted by Crippen LogP contribution is 2.20. The van der Waals surface area contributed by atoms with Crippen molar-refractivity contribution < 1.29 is 9.53 Å². The molecular formula is C12H17N3O2. The van der Waals surface area contributed by atoms with Gasteiger partial charge >= 0.3 is 0 Å². The lowest BCUT2D eigenvalue weighted by Gasteiger charge is -2.12. The zero-order valence-electron chi connectivity index (χ0n) is 9.85. The van der Waals surface area contributed by atoms with Gasteiger partial charge in [-0.15, -0.1) is 0 Å². The van der Waals surface area contributed by atoms with Crippen LogP contribution in [0.4, 0.5) is 5.69 Å². The second-order valence-electron chi connectivity index (χ2n) is 4.24. The van der Waals surface area contributed by atoms with Crippen LogP contribution >= 0.6 is 0 Å². The minimum absolute atomic E-state index is 0.0156. The molecule has 2 heterocycles. The Labute approximate surface area is 100 Å². The van der Waals surface area contributed by atoms with Crippen LogP contribution < -0.4 is 11.1 Å². The summed E-state index contributed by atoms with van der Waals surface area (Å²) >= 11 is 0. The fourth-order valence-electron chi connectivity index (χ4n) is 1.84. The molecule has 2 unspecified atom stereocenters. The summed E-state index contributed by atoms with van der Waals surface area (Å²) < 4.78 is 5.51. The number of carbonyl (C=O) groups excluding carboxylic acids is 1. The first-order chi connectivity index (χ1) is 8.19. The van der Waals surface area contributed by atoms with Gasteiger partial charge in [-0.1, -0.05) is 0 Å². The third-order valence-electron chi connectivity index (χ3n) is 2.84. The quantitative estimate of drug-likeness (QED) is 0.813. The van der Waals surface area contributed by atoms with Crippen molar-refractivity contribution in [1.29, 1.82) is 0 Å². The van der Waals surface area contributed by atoms with Gasteiger partial charge in [0.2, 0.25) is 0 Å². The Morgan fingerprint density at radius 2 is 2.41 bits per heavy atom. The van der Waals surface area contributed by atoms with Gasteiger partial charge in [-0.05, 0) is 31.9 Å². The monoisotopic (exact) mass is 235 g/mol. The average molecular weight is 235 g/mol. The number of nitrogens with zero attached hydrogens (tertiary/aromatic N) is 1. The van der Waals surface area contributed by atoms with Gasteiger partial charge in [0.25, 0.3) is 5.91 Å². The normalized spacial score (nSPS) is 23.6. The Hall–Kier alpha value is -1.46. The number of pyridine rings is 1. The molecular weight excluding hydrogens is 218 g/mol. The van der Waals surface area contributed by atoms with Gasteiger partial charge < -0.3 is 15.8 Å². The fraction of sp³-hybridized carbons (Fsp3) is 0.500. The minimum Gasteiger partial charge on any atom is -0.364 e. The summed E-state index contributed by atoms with van der Waals surface area (Å²) in [5.74, 6) is -0.119. The van der Waals surface area contributed by atoms with E-state index >= 15 is 0 Å². The summed E-state index contributed by atoms with van der Waals surface area (Å²) in [6.45, 7) is 2.37. The summed E-state index contributed by atoms with van der Waals surface area (Å²) in [5.41, 5.74) is 7.11. The Kier molecular flexibility index (Phi) is 3.71. The highest BCUT2D eigenvalue weighted by molar-refractivity contribution is 5.94. The molecule has 0 bridgehead atoms. The first-order valence-corrected chi connectivity index (χ1v) is 5.78. The molecule has 5 nitrogen and oxygen atoms in total. The van der Waals surface area contributed by atoms with Crippen LogP contribution in [0.5, 0.6) is 0 Å². The van der Waals surface area contributed by atoms with Crippen LogP contribution in [0.25, 0.3) is 0 Å². The number of nitrogens with one attached hydrogen (secondary N) is 1. The first-order valence-electron chi connectivity index (χ1n) is 5.78. The molecule has 3 N–H and O–H groups in total. The number of amides is 1. The maximum absolute atomic E-state index is 11.9. The molecule has 1 aromatic heterocycles. The Balaban J connectivity index is 1.91. The van der Waals surface area contributed by atoms with Crippen molar-refractivity contribution in [3.8, 4) is 0 Å². The van der Waals surface area contributed by atoms with Gasteiger partial charge in [0.1, 0.15) is 6.10 Å². The van der Waals surface area contributed by atoms with E-state index in [1.54, 1.807) is 6.20 Å². The molecule has 1 amide bonds. The van der Waals surface area contributed by atoms with Crippen molar-refractivity contribution in [2.24, 2.45) is 5.73 Å². The standard InChI is InChI=1S/C12H17N3O2/c1-8-2-3-9(7-14-8)15-12(16)11-5-4-10(6-13)17-11/h2-3,7,10-11H,4-6,13H2,1H3,(H,15,16). The second kappa shape index (κ2) is 5.25. The van der Waals surface area contributed by atoms with Crippen molar-refractivity contribution in [3.05, 3.63) is 24.0 Å². The molecule has 0 aliphatic carbocycles. The second-order valence-corrected chi connectivity index (χ2v) is 4.24. The van der Waals surface area contributed by atoms with Crippen LogP contribution in [-0.4, -0.2) is 29.6 Å². The minimum atomic E-state index is -0.384. The van der Waals surface area contributed by atoms with E-state index in [9.17, 15) is 4.79 Å². The lowest BCUT2D eigenvalue weighted by atomic mass is 10.2. The van der Waals surface area contributed by atoms with Crippen molar-refractivity contribution in [1.82, 2.24) is 4.98 Å². The van der Waals surface area contributed by atoms with Crippen LogP contribution in [0.2, 0.25) is 0 Å². The molecule has 2 atom stereocenters. The van der Waals surface area contributed by atoms with Gasteiger partial charge in [0.05, 0.1) is 18.0 Å². The predicted molar refractivity (Wildman–Crippen MR) is 64.6 cm³/mol. The average Bonchev–Trinajstić information content (AvgIpc) is 2.81. The number of hydrogen-bond donors (Lipinski definition) is 2. The van der Waals surface area contributed by atoms with E-state index < -0.39 is 0 Å². The molecule has 92 valence electrons. The lowest BCUT2D eigenvalue weighted by molar-refractivity contribution is -0.126. The predicted octanol–water partition coefficient (Wildman–Crippen LogP) is 0.835. The zero-order valence-corrected chi connectivity index (χ0v) is 9.85. The lowest BCUT2D eigenvalue weighted by Crippen LogP contribution is -2.29. The number of ether oxygens (including phenoxy) is 1. The highest BCUT2D eigenvalue weighted by atomic mass is 16.5. The van der Waals surface area contributed by atoms with E-state index in [4.69, 9.17) is 10.5 Å². The number of aromatic nitrogens is 1. The molecule has 1 saturated heterocycles. The Bertz CT molecular complexity index is 391. The van der Waals surface area contributed by atoms with Crippen LogP contribution in [0.15, 0.2) is 18.3 Å². The maximum atomic E-state index is 11.9. The highest BCUT2D eigenvalue weighted by Gasteiger charge is 2.29. The molecule has 0 saturated carbocycles. The first kappa shape index (κ1) is 12.0. The van der Waals surface area contributed by atoms with Crippen molar-refractivity contribution in [2.75, 3.05) is 11.9 Å². The number of carbonyl (C=O) groups is 1. The van der Waals surface area contributed by atoms with Gasteiger partial charge in [0, 0.05) is 12.2 Å². The van der Waals surface area contributed by atoms with Crippen molar-refractivity contribution in [2.45, 2.75) is 32.0 Å². The summed E-state index contributed by atoms with van der Waals surface area (Å²) in [6, 6.07) is 3.68. The maximum Gasteiger partial charge on any atom is 0.253 e. The van der Waals surface area contributed by atoms with E-state index in [1.165, 1.54) is 0 Å². The van der Waals surface area contributed by atoms with E-state index in [0.717, 1.165) is 18.5 Å². The summed E-state index contributed by atoms with van der Waals surface area (Å²) in [4.78, 5) is 16.0. The summed E-state index contributed by atoms with van der Waals surface area (Å²) in [7, 11) is 0. The third-order valence-corrected chi connectivity index (χ3v) is 2.84. The molecule has 1 aliphatic rings. The van der Waals surface area contributed by atoms with Crippen LogP contribution in [0.3, 0.4) is 0 Å². The molecule has 2 rings (SSSR count). The summed E-state index contributed by atoms with van der Waals surface area (Å²) in [6.07, 6.45) is 2.85. The zero-order chi connectivity index (χ0) is 12.3. The number of nitrogens with two attached hydrogens (primary N) is 1. The Morgan fingerprint density at radius 3 is 3.00 bits per heavy atom. The molecule has 0 aromatic carbocycles. The Morgan fingerprint density at radius 1 is 1.59 bits per heavy atom. The van der Waals surface area contributed by atoms with Crippen LogP contribution in [0, 0.1) is 6.92 Å². The van der Waals surface area contributed by atoms with E-state index in [-0.39, 0.29) is 18.1 Å². The molecule has 1 aromatic rings. The van der Waals surface area contributed by atoms with E-state index in [2.05, 4.69) is 10.3 Å². The largest absolute Gasteiger partial charge is 0.364 e.